The van der Waals surface area contributed by atoms with Crippen LogP contribution in [0.5, 0.6) is 0 Å². The van der Waals surface area contributed by atoms with E-state index in [1.807, 2.05) is 32.0 Å². The van der Waals surface area contributed by atoms with E-state index < -0.39 is 10.0 Å². The SMILES string of the molecule is Cc1ccc(NC(=O)CCCn2nnc3cc(S(=O)(=O)N(C)C)ccc32)cc1C. The maximum atomic E-state index is 12.2. The molecule has 3 rings (SSSR count). The maximum Gasteiger partial charge on any atom is 0.242 e. The van der Waals surface area contributed by atoms with E-state index in [1.54, 1.807) is 16.8 Å². The zero-order valence-corrected chi connectivity index (χ0v) is 17.8. The highest BCUT2D eigenvalue weighted by Crippen LogP contribution is 2.20. The van der Waals surface area contributed by atoms with Gasteiger partial charge in [-0.15, -0.1) is 5.10 Å². The van der Waals surface area contributed by atoms with Crippen molar-refractivity contribution in [3.63, 3.8) is 0 Å². The molecule has 1 N–H and O–H groups in total. The minimum Gasteiger partial charge on any atom is -0.326 e. The standard InChI is InChI=1S/C20H25N5O3S/c1-14-7-8-16(12-15(14)2)21-20(26)6-5-11-25-19-10-9-17(13-18(19)22-23-25)29(27,28)24(3)4/h7-10,12-13H,5-6,11H2,1-4H3,(H,21,26). The number of sulfonamides is 1. The smallest absolute Gasteiger partial charge is 0.242 e. The first-order valence-electron chi connectivity index (χ1n) is 9.31. The van der Waals surface area contributed by atoms with Crippen LogP contribution in [0.1, 0.15) is 24.0 Å². The molecule has 8 nitrogen and oxygen atoms in total. The molecule has 3 aromatic rings. The molecule has 0 saturated heterocycles. The lowest BCUT2D eigenvalue weighted by molar-refractivity contribution is -0.116. The van der Waals surface area contributed by atoms with Crippen LogP contribution in [0.2, 0.25) is 0 Å². The van der Waals surface area contributed by atoms with Gasteiger partial charge in [-0.3, -0.25) is 4.79 Å². The summed E-state index contributed by atoms with van der Waals surface area (Å²) in [6, 6.07) is 10.6. The quantitative estimate of drug-likeness (QED) is 0.640. The van der Waals surface area contributed by atoms with Gasteiger partial charge < -0.3 is 5.32 Å². The number of hydrogen-bond donors (Lipinski definition) is 1. The number of benzene rings is 2. The van der Waals surface area contributed by atoms with E-state index in [4.69, 9.17) is 0 Å². The number of rotatable bonds is 7. The summed E-state index contributed by atoms with van der Waals surface area (Å²) in [5, 5.41) is 11.1. The average molecular weight is 416 g/mol. The van der Waals surface area contributed by atoms with E-state index in [9.17, 15) is 13.2 Å². The van der Waals surface area contributed by atoms with E-state index in [-0.39, 0.29) is 10.8 Å². The first kappa shape index (κ1) is 20.9. The van der Waals surface area contributed by atoms with E-state index >= 15 is 0 Å². The van der Waals surface area contributed by atoms with E-state index in [2.05, 4.69) is 15.6 Å². The normalized spacial score (nSPS) is 11.9. The fraction of sp³-hybridized carbons (Fsp3) is 0.350. The van der Waals surface area contributed by atoms with Gasteiger partial charge in [0.05, 0.1) is 10.4 Å². The second-order valence-corrected chi connectivity index (χ2v) is 9.35. The zero-order chi connectivity index (χ0) is 21.2. The van der Waals surface area contributed by atoms with Gasteiger partial charge in [-0.2, -0.15) is 0 Å². The molecule has 2 aromatic carbocycles. The van der Waals surface area contributed by atoms with Crippen molar-refractivity contribution in [1.82, 2.24) is 19.3 Å². The summed E-state index contributed by atoms with van der Waals surface area (Å²) in [7, 11) is -0.549. The van der Waals surface area contributed by atoms with Crippen LogP contribution in [-0.2, 0) is 21.4 Å². The number of carbonyl (C=O) groups is 1. The number of carbonyl (C=O) groups excluding carboxylic acids is 1. The van der Waals surface area contributed by atoms with E-state index in [0.717, 1.165) is 21.1 Å². The van der Waals surface area contributed by atoms with Gasteiger partial charge in [0.15, 0.2) is 0 Å². The van der Waals surface area contributed by atoms with Crippen LogP contribution in [0.4, 0.5) is 5.69 Å². The van der Waals surface area contributed by atoms with E-state index in [1.165, 1.54) is 25.7 Å². The Morgan fingerprint density at radius 1 is 1.10 bits per heavy atom. The molecule has 0 saturated carbocycles. The van der Waals surface area contributed by atoms with Crippen LogP contribution in [-0.4, -0.2) is 47.7 Å². The van der Waals surface area contributed by atoms with Gasteiger partial charge in [0.1, 0.15) is 5.52 Å². The molecule has 1 amide bonds. The zero-order valence-electron chi connectivity index (χ0n) is 17.0. The second kappa shape index (κ2) is 8.30. The van der Waals surface area contributed by atoms with Gasteiger partial charge in [-0.25, -0.2) is 17.4 Å². The Hall–Kier alpha value is -2.78. The Kier molecular flexibility index (Phi) is 5.99. The predicted molar refractivity (Wildman–Crippen MR) is 112 cm³/mol. The highest BCUT2D eigenvalue weighted by Gasteiger charge is 2.18. The summed E-state index contributed by atoms with van der Waals surface area (Å²) in [6.45, 7) is 4.55. The molecule has 0 fully saturated rings. The number of anilines is 1. The lowest BCUT2D eigenvalue weighted by Gasteiger charge is -2.11. The van der Waals surface area contributed by atoms with Gasteiger partial charge in [0.25, 0.3) is 0 Å². The maximum absolute atomic E-state index is 12.2. The number of nitrogens with one attached hydrogen (secondary N) is 1. The molecular weight excluding hydrogens is 390 g/mol. The first-order valence-corrected chi connectivity index (χ1v) is 10.8. The van der Waals surface area contributed by atoms with Crippen molar-refractivity contribution in [1.29, 1.82) is 0 Å². The largest absolute Gasteiger partial charge is 0.326 e. The summed E-state index contributed by atoms with van der Waals surface area (Å²) in [5.74, 6) is -0.0583. The molecule has 0 aliphatic heterocycles. The fourth-order valence-corrected chi connectivity index (χ4v) is 3.84. The van der Waals surface area contributed by atoms with Gasteiger partial charge in [-0.1, -0.05) is 11.3 Å². The molecule has 0 atom stereocenters. The molecule has 0 radical (unpaired) electrons. The van der Waals surface area contributed by atoms with Crippen LogP contribution in [0.25, 0.3) is 11.0 Å². The molecule has 0 aliphatic carbocycles. The Labute approximate surface area is 170 Å². The molecule has 0 bridgehead atoms. The van der Waals surface area contributed by atoms with Crippen molar-refractivity contribution in [2.75, 3.05) is 19.4 Å². The topological polar surface area (TPSA) is 97.2 Å². The number of amides is 1. The molecule has 9 heteroatoms. The fourth-order valence-electron chi connectivity index (χ4n) is 2.92. The van der Waals surface area contributed by atoms with Gasteiger partial charge >= 0.3 is 0 Å². The van der Waals surface area contributed by atoms with Gasteiger partial charge in [0, 0.05) is 32.7 Å². The first-order chi connectivity index (χ1) is 13.7. The molecule has 0 unspecified atom stereocenters. The summed E-state index contributed by atoms with van der Waals surface area (Å²) in [5.41, 5.74) is 4.35. The summed E-state index contributed by atoms with van der Waals surface area (Å²) in [6.07, 6.45) is 0.939. The minimum absolute atomic E-state index is 0.0583. The third-order valence-corrected chi connectivity index (χ3v) is 6.64. The molecule has 154 valence electrons. The monoisotopic (exact) mass is 415 g/mol. The summed E-state index contributed by atoms with van der Waals surface area (Å²) in [4.78, 5) is 12.4. The summed E-state index contributed by atoms with van der Waals surface area (Å²) >= 11 is 0. The van der Waals surface area contributed by atoms with Crippen molar-refractivity contribution in [2.24, 2.45) is 0 Å². The minimum atomic E-state index is -3.52. The second-order valence-electron chi connectivity index (χ2n) is 7.20. The Balaban J connectivity index is 1.62. The lowest BCUT2D eigenvalue weighted by atomic mass is 10.1. The molecule has 1 aromatic heterocycles. The Morgan fingerprint density at radius 2 is 1.86 bits per heavy atom. The summed E-state index contributed by atoms with van der Waals surface area (Å²) < 4.78 is 27.3. The lowest BCUT2D eigenvalue weighted by Crippen LogP contribution is -2.22. The molecule has 0 aliphatic rings. The van der Waals surface area contributed by atoms with Gasteiger partial charge in [-0.05, 0) is 61.7 Å². The van der Waals surface area contributed by atoms with Crippen LogP contribution < -0.4 is 5.32 Å². The number of nitrogens with zero attached hydrogens (tertiary/aromatic N) is 4. The Morgan fingerprint density at radius 3 is 2.55 bits per heavy atom. The molecule has 0 spiro atoms. The van der Waals surface area contributed by atoms with Crippen molar-refractivity contribution >= 4 is 32.7 Å². The van der Waals surface area contributed by atoms with Crippen molar-refractivity contribution < 1.29 is 13.2 Å². The van der Waals surface area contributed by atoms with Crippen molar-refractivity contribution in [2.45, 2.75) is 38.1 Å². The highest BCUT2D eigenvalue weighted by atomic mass is 32.2. The molecule has 1 heterocycles. The van der Waals surface area contributed by atoms with Crippen LogP contribution >= 0.6 is 0 Å². The number of fused-ring (bicyclic) bond motifs is 1. The van der Waals surface area contributed by atoms with Crippen LogP contribution in [0, 0.1) is 13.8 Å². The van der Waals surface area contributed by atoms with Crippen molar-refractivity contribution in [3.05, 3.63) is 47.5 Å². The molecular formula is C20H25N5O3S. The van der Waals surface area contributed by atoms with E-state index in [0.29, 0.717) is 24.9 Å². The number of aryl methyl sites for hydroxylation is 3. The predicted octanol–water partition coefficient (Wildman–Crippen LogP) is 2.72. The molecule has 29 heavy (non-hydrogen) atoms. The highest BCUT2D eigenvalue weighted by molar-refractivity contribution is 7.89. The number of aromatic nitrogens is 3. The van der Waals surface area contributed by atoms with Crippen LogP contribution in [0.3, 0.4) is 0 Å². The Bertz CT molecular complexity index is 1150. The third kappa shape index (κ3) is 4.63. The average Bonchev–Trinajstić information content (AvgIpc) is 3.07. The van der Waals surface area contributed by atoms with Crippen LogP contribution in [0.15, 0.2) is 41.3 Å². The van der Waals surface area contributed by atoms with Gasteiger partial charge in [0.2, 0.25) is 15.9 Å². The van der Waals surface area contributed by atoms with Crippen molar-refractivity contribution in [3.8, 4) is 0 Å². The number of hydrogen-bond acceptors (Lipinski definition) is 5. The third-order valence-electron chi connectivity index (χ3n) is 4.83.